The van der Waals surface area contributed by atoms with Gasteiger partial charge in [0.1, 0.15) is 0 Å². The van der Waals surface area contributed by atoms with Crippen molar-refractivity contribution in [1.82, 2.24) is 0 Å². The van der Waals surface area contributed by atoms with E-state index in [2.05, 4.69) is 337 Å². The highest BCUT2D eigenvalue weighted by Gasteiger charge is 2.43. The van der Waals surface area contributed by atoms with Gasteiger partial charge in [-0.25, -0.2) is 0 Å². The van der Waals surface area contributed by atoms with Crippen LogP contribution in [0, 0.1) is 20.8 Å². The second-order valence-corrected chi connectivity index (χ2v) is 86.1. The number of hydrogen-bond donors (Lipinski definition) is 0. The van der Waals surface area contributed by atoms with Crippen molar-refractivity contribution in [3.63, 3.8) is 0 Å². The van der Waals surface area contributed by atoms with Gasteiger partial charge in [-0.3, -0.25) is 0 Å². The first kappa shape index (κ1) is 103. The minimum atomic E-state index is -4.27. The van der Waals surface area contributed by atoms with E-state index in [1.165, 1.54) is 58.9 Å². The molecule has 0 radical (unpaired) electrons. The standard InChI is InChI=1S/C26H54Si4.C17H20.C16H30Si2.C13H22Si.C12H15F3.C11H13F3.C11H16/c1-26(2,3)25-21(19-23(27(4,5)6)28(7,8)9)17-16-18-22(25)20-24(29(10,11)12)30(13,14)15;1-13-12-15(17(2,3)4)10-11-16(13)14-8-6-5-7-9-14;1-16(2,3)15-13(17(4,5)6)11-10-12-14(15)18(7,8)9;1-13(2,3)11-9-7-8-10-12(11)14(4,5)6;1-8-6-5-7-9(12(13,14)15)10(8)11(2,3)4;1-10(2,3)8-6-4-5-7-9(8)11(12,13)14;1-9-7-5-6-8-10(9)11(2,3)4/h16-18,23-24H,19-20H2,1-15H3;5-12H,1-4H3;10-12H,1-9H3;7-10H,1-6H3;5-7H,1-4H3;4-7H,1-3H3;5-8H,1-4H3/i;;;;;;5D,6D,7D,8D. The number of halogens is 6. The molecule has 0 saturated heterocycles. The molecule has 8 rings (SSSR count). The normalized spacial score (nSPS) is 13.7. The molecule has 0 aliphatic rings. The lowest BCUT2D eigenvalue weighted by atomic mass is 9.79. The van der Waals surface area contributed by atoms with Crippen LogP contribution >= 0.6 is 0 Å². The predicted octanol–water partition coefficient (Wildman–Crippen LogP) is 33.4. The Morgan fingerprint density at radius 2 is 0.605 bits per heavy atom. The summed E-state index contributed by atoms with van der Waals surface area (Å²) in [5.74, 6) is 0. The van der Waals surface area contributed by atoms with Crippen molar-refractivity contribution in [1.29, 1.82) is 0 Å². The van der Waals surface area contributed by atoms with E-state index in [1.807, 2.05) is 20.8 Å². The van der Waals surface area contributed by atoms with Crippen molar-refractivity contribution in [3.8, 4) is 11.1 Å². The Morgan fingerprint density at radius 1 is 0.277 bits per heavy atom. The molecule has 0 spiro atoms. The molecule has 8 aromatic rings. The van der Waals surface area contributed by atoms with Crippen LogP contribution in [-0.2, 0) is 63.1 Å². The van der Waals surface area contributed by atoms with Gasteiger partial charge in [-0.1, -0.05) is 462 Å². The molecule has 0 nitrogen and oxygen atoms in total. The smallest absolute Gasteiger partial charge is 0.166 e. The fourth-order valence-electron chi connectivity index (χ4n) is 17.1. The van der Waals surface area contributed by atoms with E-state index in [0.29, 0.717) is 27.8 Å². The summed E-state index contributed by atoms with van der Waals surface area (Å²) in [6, 6.07) is 50.6. The fourth-order valence-corrected chi connectivity index (χ4v) is 46.9. The highest BCUT2D eigenvalue weighted by molar-refractivity contribution is 6.97. The summed E-state index contributed by atoms with van der Waals surface area (Å²) in [6.45, 7) is 104. The Kier molecular flexibility index (Phi) is 35.6. The third-order valence-corrected chi connectivity index (χ3v) is 47.9. The zero-order chi connectivity index (χ0) is 96.5. The van der Waals surface area contributed by atoms with Gasteiger partial charge in [0.2, 0.25) is 0 Å². The molecule has 0 bridgehead atoms. The van der Waals surface area contributed by atoms with Crippen molar-refractivity contribution < 1.29 is 31.8 Å². The van der Waals surface area contributed by atoms with E-state index in [-0.39, 0.29) is 51.2 Å². The van der Waals surface area contributed by atoms with E-state index in [9.17, 15) is 26.3 Å². The Morgan fingerprint density at radius 3 is 0.924 bits per heavy atom. The summed E-state index contributed by atoms with van der Waals surface area (Å²) in [7, 11) is -8.62. The molecule has 664 valence electrons. The van der Waals surface area contributed by atoms with Crippen molar-refractivity contribution >= 4 is 72.1 Å². The predicted molar refractivity (Wildman–Crippen MR) is 543 cm³/mol. The molecule has 0 N–H and O–H groups in total. The number of hydrogen-bond acceptors (Lipinski definition) is 0. The lowest BCUT2D eigenvalue weighted by Crippen LogP contribution is -2.52. The van der Waals surface area contributed by atoms with Crippen molar-refractivity contribution in [2.24, 2.45) is 0 Å². The molecule has 0 fully saturated rings. The van der Waals surface area contributed by atoms with Crippen molar-refractivity contribution in [2.75, 3.05) is 0 Å². The van der Waals surface area contributed by atoms with Crippen molar-refractivity contribution in [3.05, 3.63) is 254 Å². The summed E-state index contributed by atoms with van der Waals surface area (Å²) >= 11 is 0. The Balaban J connectivity index is 0.000000495. The minimum Gasteiger partial charge on any atom is -0.166 e. The number of alkyl halides is 6. The molecule has 0 heterocycles. The molecule has 0 aromatic heterocycles. The molecule has 0 aliphatic heterocycles. The van der Waals surface area contributed by atoms with E-state index >= 15 is 0 Å². The Bertz CT molecular complexity index is 4430. The van der Waals surface area contributed by atoms with Gasteiger partial charge in [0.05, 0.1) is 40.8 Å². The van der Waals surface area contributed by atoms with Gasteiger partial charge >= 0.3 is 12.4 Å². The van der Waals surface area contributed by atoms with E-state index in [0.717, 1.165) is 22.5 Å². The molecule has 0 saturated carbocycles. The SMILES string of the molecule is CC(C)(C)c1c(CC([Si](C)(C)C)[Si](C)(C)C)cccc1CC([Si](C)(C)C)[Si](C)(C)C.CC(C)(C)c1c([Si](C)(C)C)cccc1[Si](C)(C)C.CC(C)(C)c1ccccc1C(F)(F)F.CC(C)(C)c1ccccc1[Si](C)(C)C.Cc1cc(C(C)(C)C)ccc1-c1ccccc1.Cc1cccc(C(F)(F)F)c1C(C)(C)C.[2H]c1c([2H])c([2H])c(C(C)(C)C)c(C)c1[2H]. The first-order valence-corrected chi connectivity index (χ1v) is 68.4. The Labute approximate surface area is 740 Å². The summed E-state index contributed by atoms with van der Waals surface area (Å²) in [5.41, 5.74) is 15.0. The summed E-state index contributed by atoms with van der Waals surface area (Å²) in [5, 5.41) is 6.77. The molecule has 0 atom stereocenters. The highest BCUT2D eigenvalue weighted by Crippen LogP contribution is 2.45. The van der Waals surface area contributed by atoms with Gasteiger partial charge in [-0.15, -0.1) is 0 Å². The van der Waals surface area contributed by atoms with Crippen LogP contribution in [0.25, 0.3) is 11.1 Å². The third kappa shape index (κ3) is 35.1. The van der Waals surface area contributed by atoms with Gasteiger partial charge in [0, 0.05) is 32.3 Å². The number of aryl methyl sites for hydroxylation is 2. The van der Waals surface area contributed by atoms with Crippen LogP contribution in [0.2, 0.25) is 148 Å². The van der Waals surface area contributed by atoms with Crippen LogP contribution in [0.3, 0.4) is 0 Å². The Hall–Kier alpha value is -5.14. The molecular weight excluding hydrogens is 1580 g/mol. The largest absolute Gasteiger partial charge is 0.416 e. The second kappa shape index (κ2) is 41.3. The topological polar surface area (TPSA) is 0 Å². The maximum atomic E-state index is 12.8. The lowest BCUT2D eigenvalue weighted by Gasteiger charge is -2.41. The number of benzene rings is 8. The molecule has 0 aliphatic carbocycles. The lowest BCUT2D eigenvalue weighted by molar-refractivity contribution is -0.139. The molecule has 13 heteroatoms. The van der Waals surface area contributed by atoms with E-state index < -0.39 is 90.8 Å². The average molecular weight is 1760 g/mol. The summed E-state index contributed by atoms with van der Waals surface area (Å²) < 4.78 is 107. The molecular formula is C106H170F6Si7. The summed E-state index contributed by atoms with van der Waals surface area (Å²) in [4.78, 5) is 0. The minimum absolute atomic E-state index is 0.0703. The van der Waals surface area contributed by atoms with Crippen LogP contribution in [0.4, 0.5) is 26.3 Å². The van der Waals surface area contributed by atoms with Crippen molar-refractivity contribution in [2.45, 2.75) is 377 Å². The molecule has 8 aromatic carbocycles. The monoisotopic (exact) mass is 1760 g/mol. The van der Waals surface area contributed by atoms with E-state index in [1.54, 1.807) is 105 Å². The van der Waals surface area contributed by atoms with Gasteiger partial charge in [0.25, 0.3) is 0 Å². The van der Waals surface area contributed by atoms with Crippen LogP contribution in [0.5, 0.6) is 0 Å². The summed E-state index contributed by atoms with van der Waals surface area (Å²) in [6.07, 6.45) is -5.93. The van der Waals surface area contributed by atoms with Crippen LogP contribution in [0.1, 0.15) is 229 Å². The average Bonchev–Trinajstić information content (AvgIpc) is 0.762. The molecule has 0 amide bonds. The number of rotatable bonds is 12. The second-order valence-electron chi connectivity index (χ2n) is 48.1. The maximum absolute atomic E-state index is 12.8. The first-order chi connectivity index (χ1) is 54.7. The van der Waals surface area contributed by atoms with E-state index in [4.69, 9.17) is 5.48 Å². The maximum Gasteiger partial charge on any atom is 0.416 e. The molecule has 0 unspecified atom stereocenters. The third-order valence-electron chi connectivity index (χ3n) is 22.2. The van der Waals surface area contributed by atoms with Crippen LogP contribution < -0.4 is 15.6 Å². The fraction of sp³-hybridized carbons (Fsp3) is 0.547. The van der Waals surface area contributed by atoms with Gasteiger partial charge in [-0.05, 0) is 172 Å². The quantitative estimate of drug-likeness (QED) is 0.0845. The zero-order valence-corrected chi connectivity index (χ0v) is 90.8. The zero-order valence-electron chi connectivity index (χ0n) is 87.8. The van der Waals surface area contributed by atoms with Gasteiger partial charge < -0.3 is 0 Å². The first-order valence-electron chi connectivity index (χ1n) is 45.6. The van der Waals surface area contributed by atoms with Gasteiger partial charge in [-0.2, -0.15) is 26.3 Å². The van der Waals surface area contributed by atoms with Crippen LogP contribution in [-0.4, -0.2) is 56.5 Å². The van der Waals surface area contributed by atoms with Gasteiger partial charge in [0.15, 0.2) is 0 Å². The highest BCUT2D eigenvalue weighted by atomic mass is 28.4. The van der Waals surface area contributed by atoms with Crippen LogP contribution in [0.15, 0.2) is 176 Å². The molecule has 119 heavy (non-hydrogen) atoms.